The predicted molar refractivity (Wildman–Crippen MR) is 242 cm³/mol. The Bertz CT molecular complexity index is 3350. The third kappa shape index (κ3) is 5.15. The molecule has 0 spiro atoms. The van der Waals surface area contributed by atoms with Crippen molar-refractivity contribution >= 4 is 84.8 Å². The number of para-hydroxylation sites is 3. The van der Waals surface area contributed by atoms with Gasteiger partial charge >= 0.3 is 0 Å². The van der Waals surface area contributed by atoms with Gasteiger partial charge in [-0.25, -0.2) is 15.0 Å². The van der Waals surface area contributed by atoms with Gasteiger partial charge in [0.25, 0.3) is 0 Å². The summed E-state index contributed by atoms with van der Waals surface area (Å²) >= 11 is 3.61. The molecule has 0 aliphatic rings. The van der Waals surface area contributed by atoms with Gasteiger partial charge in [-0.1, -0.05) is 140 Å². The Morgan fingerprint density at radius 3 is 1.35 bits per heavy atom. The van der Waals surface area contributed by atoms with E-state index in [1.807, 2.05) is 0 Å². The lowest BCUT2D eigenvalue weighted by Crippen LogP contribution is -2.05. The van der Waals surface area contributed by atoms with Crippen LogP contribution >= 0.6 is 22.7 Å². The zero-order chi connectivity index (χ0) is 37.5. The molecule has 0 aliphatic carbocycles. The molecule has 0 atom stereocenters. The molecule has 0 unspecified atom stereocenters. The average molecular weight is 763 g/mol. The normalized spacial score (nSPS) is 11.9. The van der Waals surface area contributed by atoms with Crippen LogP contribution < -0.4 is 0 Å². The van der Waals surface area contributed by atoms with Crippen molar-refractivity contribution in [2.45, 2.75) is 0 Å². The summed E-state index contributed by atoms with van der Waals surface area (Å²) in [7, 11) is 0. The van der Waals surface area contributed by atoms with Crippen molar-refractivity contribution in [1.82, 2.24) is 19.5 Å². The third-order valence-electron chi connectivity index (χ3n) is 11.1. The van der Waals surface area contributed by atoms with Crippen molar-refractivity contribution in [2.75, 3.05) is 0 Å². The maximum atomic E-state index is 5.39. The molecule has 0 fully saturated rings. The number of fused-ring (bicyclic) bond motifs is 9. The largest absolute Gasteiger partial charge is 0.308 e. The van der Waals surface area contributed by atoms with Gasteiger partial charge in [0.2, 0.25) is 0 Å². The molecule has 0 aliphatic heterocycles. The van der Waals surface area contributed by atoms with Crippen LogP contribution in [0.3, 0.4) is 0 Å². The lowest BCUT2D eigenvalue weighted by atomic mass is 9.98. The van der Waals surface area contributed by atoms with E-state index in [1.54, 1.807) is 22.7 Å². The minimum absolute atomic E-state index is 0.623. The summed E-state index contributed by atoms with van der Waals surface area (Å²) in [5.74, 6) is 1.91. The molecule has 0 saturated heterocycles. The highest BCUT2D eigenvalue weighted by Crippen LogP contribution is 2.42. The highest BCUT2D eigenvalue weighted by atomic mass is 32.1. The molecule has 0 saturated carbocycles. The number of hydrogen-bond acceptors (Lipinski definition) is 5. The molecular formula is C51H30N4S2. The molecule has 0 amide bonds. The van der Waals surface area contributed by atoms with Crippen LogP contribution in [0.15, 0.2) is 182 Å². The lowest BCUT2D eigenvalue weighted by molar-refractivity contribution is 1.07. The number of aromatic nitrogens is 4. The van der Waals surface area contributed by atoms with Gasteiger partial charge in [0, 0.05) is 73.4 Å². The van der Waals surface area contributed by atoms with Crippen molar-refractivity contribution in [3.05, 3.63) is 182 Å². The van der Waals surface area contributed by atoms with Gasteiger partial charge in [0.1, 0.15) is 0 Å². The second-order valence-corrected chi connectivity index (χ2v) is 16.5. The fourth-order valence-corrected chi connectivity index (χ4v) is 10.8. The fourth-order valence-electron chi connectivity index (χ4n) is 8.46. The molecule has 12 rings (SSSR count). The average Bonchev–Trinajstić information content (AvgIpc) is 3.95. The van der Waals surface area contributed by atoms with Crippen molar-refractivity contribution < 1.29 is 0 Å². The van der Waals surface area contributed by atoms with Gasteiger partial charge in [-0.05, 0) is 48.0 Å². The van der Waals surface area contributed by atoms with E-state index >= 15 is 0 Å². The van der Waals surface area contributed by atoms with E-state index in [9.17, 15) is 0 Å². The minimum Gasteiger partial charge on any atom is -0.308 e. The molecule has 0 N–H and O–H groups in total. The molecule has 4 heterocycles. The number of nitrogens with zero attached hydrogens (tertiary/aromatic N) is 4. The van der Waals surface area contributed by atoms with Gasteiger partial charge in [-0.2, -0.15) is 0 Å². The van der Waals surface area contributed by atoms with Crippen LogP contribution in [0.5, 0.6) is 0 Å². The molecule has 8 aromatic carbocycles. The van der Waals surface area contributed by atoms with Crippen LogP contribution in [0.1, 0.15) is 0 Å². The summed E-state index contributed by atoms with van der Waals surface area (Å²) in [6.07, 6.45) is 0. The maximum absolute atomic E-state index is 5.39. The van der Waals surface area contributed by atoms with Gasteiger partial charge in [0.05, 0.1) is 16.7 Å². The van der Waals surface area contributed by atoms with Crippen molar-refractivity contribution in [3.63, 3.8) is 0 Å². The smallest absolute Gasteiger partial charge is 0.166 e. The van der Waals surface area contributed by atoms with E-state index in [1.165, 1.54) is 51.1 Å². The van der Waals surface area contributed by atoms with Crippen LogP contribution in [-0.4, -0.2) is 19.5 Å². The highest BCUT2D eigenvalue weighted by molar-refractivity contribution is 7.26. The fraction of sp³-hybridized carbons (Fsp3) is 0. The number of thiophene rings is 2. The summed E-state index contributed by atoms with van der Waals surface area (Å²) < 4.78 is 7.36. The zero-order valence-corrected chi connectivity index (χ0v) is 32.1. The van der Waals surface area contributed by atoms with Crippen LogP contribution in [0, 0.1) is 0 Å². The quantitative estimate of drug-likeness (QED) is 0.175. The van der Waals surface area contributed by atoms with E-state index in [-0.39, 0.29) is 0 Å². The first-order valence-corrected chi connectivity index (χ1v) is 20.7. The van der Waals surface area contributed by atoms with Gasteiger partial charge in [-0.15, -0.1) is 22.7 Å². The molecule has 12 aromatic rings. The Kier molecular flexibility index (Phi) is 7.24. The molecule has 266 valence electrons. The van der Waals surface area contributed by atoms with Gasteiger partial charge in [0.15, 0.2) is 17.5 Å². The summed E-state index contributed by atoms with van der Waals surface area (Å²) in [5, 5.41) is 7.43. The van der Waals surface area contributed by atoms with Gasteiger partial charge in [-0.3, -0.25) is 0 Å². The van der Waals surface area contributed by atoms with Crippen LogP contribution in [0.2, 0.25) is 0 Å². The predicted octanol–water partition coefficient (Wildman–Crippen LogP) is 14.4. The van der Waals surface area contributed by atoms with Crippen LogP contribution in [0.25, 0.3) is 113 Å². The molecule has 4 aromatic heterocycles. The Labute approximate surface area is 335 Å². The van der Waals surface area contributed by atoms with Gasteiger partial charge < -0.3 is 4.57 Å². The Balaban J connectivity index is 1.15. The molecule has 0 radical (unpaired) electrons. The van der Waals surface area contributed by atoms with E-state index in [4.69, 9.17) is 15.0 Å². The Morgan fingerprint density at radius 2 is 0.772 bits per heavy atom. The SMILES string of the molecule is c1ccc(-c2cccc(-c3nc(-c4ccc5c(c4)sc4ccccc45)nc(-c4ccc5c(c4)sc4ccccc45)n3)c2-n2c3ccccc3c3ccccc32)cc1. The second-order valence-electron chi connectivity index (χ2n) is 14.4. The van der Waals surface area contributed by atoms with Crippen molar-refractivity contribution in [3.8, 4) is 51.0 Å². The summed E-state index contributed by atoms with van der Waals surface area (Å²) in [6, 6.07) is 64.9. The monoisotopic (exact) mass is 762 g/mol. The molecular weight excluding hydrogens is 733 g/mol. The summed E-state index contributed by atoms with van der Waals surface area (Å²) in [6.45, 7) is 0. The standard InChI is InChI=1S/C51H30N4S2/c1-2-13-31(14-3-1)34-19-12-20-41(48(34)55-42-21-8-4-15-35(42)36-16-5-9-22-43(36)55)51-53-49(32-25-27-39-37-17-6-10-23-44(37)56-46(39)29-32)52-50(54-51)33-26-28-40-38-18-7-11-24-45(38)57-47(40)30-33/h1-30H. The molecule has 4 nitrogen and oxygen atoms in total. The Morgan fingerprint density at radius 1 is 0.316 bits per heavy atom. The first-order chi connectivity index (χ1) is 28.2. The van der Waals surface area contributed by atoms with E-state index in [2.05, 4.69) is 187 Å². The van der Waals surface area contributed by atoms with Crippen LogP contribution in [0.4, 0.5) is 0 Å². The lowest BCUT2D eigenvalue weighted by Gasteiger charge is -2.19. The Hall–Kier alpha value is -6.99. The third-order valence-corrected chi connectivity index (χ3v) is 13.3. The number of rotatable bonds is 5. The number of benzene rings is 8. The van der Waals surface area contributed by atoms with Crippen molar-refractivity contribution in [2.24, 2.45) is 0 Å². The minimum atomic E-state index is 0.623. The second kappa shape index (κ2) is 12.8. The van der Waals surface area contributed by atoms with E-state index in [0.717, 1.165) is 44.5 Å². The van der Waals surface area contributed by atoms with Crippen molar-refractivity contribution in [1.29, 1.82) is 0 Å². The molecule has 0 bridgehead atoms. The zero-order valence-electron chi connectivity index (χ0n) is 30.4. The molecule has 6 heteroatoms. The maximum Gasteiger partial charge on any atom is 0.166 e. The van der Waals surface area contributed by atoms with E-state index in [0.29, 0.717) is 17.5 Å². The summed E-state index contributed by atoms with van der Waals surface area (Å²) in [5.41, 5.74) is 8.35. The van der Waals surface area contributed by atoms with E-state index < -0.39 is 0 Å². The molecule has 57 heavy (non-hydrogen) atoms. The topological polar surface area (TPSA) is 43.6 Å². The first-order valence-electron chi connectivity index (χ1n) is 19.0. The number of hydrogen-bond donors (Lipinski definition) is 0. The summed E-state index contributed by atoms with van der Waals surface area (Å²) in [4.78, 5) is 16.1. The first kappa shape index (κ1) is 32.3. The van der Waals surface area contributed by atoms with Crippen LogP contribution in [-0.2, 0) is 0 Å². The highest BCUT2D eigenvalue weighted by Gasteiger charge is 2.23.